The number of aromatic nitrogens is 1. The Morgan fingerprint density at radius 3 is 2.58 bits per heavy atom. The summed E-state index contributed by atoms with van der Waals surface area (Å²) < 4.78 is 0.884. The standard InChI is InChI=1S/C15H15BrN2O/c1-9-4-5-13(11(3)10(9)2)15(19)18-14-8-12(16)6-7-17-14/h4-8H,1-3H3,(H,17,18,19). The molecule has 1 aromatic heterocycles. The minimum absolute atomic E-state index is 0.133. The van der Waals surface area contributed by atoms with Gasteiger partial charge in [-0.1, -0.05) is 22.0 Å². The number of hydrogen-bond acceptors (Lipinski definition) is 2. The molecular weight excluding hydrogens is 304 g/mol. The minimum Gasteiger partial charge on any atom is -0.307 e. The van der Waals surface area contributed by atoms with E-state index in [1.807, 2.05) is 39.0 Å². The Morgan fingerprint density at radius 1 is 1.16 bits per heavy atom. The Morgan fingerprint density at radius 2 is 1.89 bits per heavy atom. The fourth-order valence-electron chi connectivity index (χ4n) is 1.86. The molecular formula is C15H15BrN2O. The molecule has 1 amide bonds. The maximum absolute atomic E-state index is 12.2. The van der Waals surface area contributed by atoms with Crippen LogP contribution in [-0.4, -0.2) is 10.9 Å². The van der Waals surface area contributed by atoms with Crippen molar-refractivity contribution in [3.63, 3.8) is 0 Å². The SMILES string of the molecule is Cc1ccc(C(=O)Nc2cc(Br)ccn2)c(C)c1C. The predicted octanol–water partition coefficient (Wildman–Crippen LogP) is 4.02. The smallest absolute Gasteiger partial charge is 0.257 e. The fraction of sp³-hybridized carbons (Fsp3) is 0.200. The Bertz CT molecular complexity index is 638. The van der Waals surface area contributed by atoms with Gasteiger partial charge in [-0.15, -0.1) is 0 Å². The van der Waals surface area contributed by atoms with E-state index in [4.69, 9.17) is 0 Å². The van der Waals surface area contributed by atoms with Crippen molar-refractivity contribution >= 4 is 27.7 Å². The van der Waals surface area contributed by atoms with Crippen LogP contribution in [0.4, 0.5) is 5.82 Å². The van der Waals surface area contributed by atoms with Crippen LogP contribution in [0.1, 0.15) is 27.0 Å². The maximum Gasteiger partial charge on any atom is 0.257 e. The molecule has 0 atom stereocenters. The minimum atomic E-state index is -0.133. The highest BCUT2D eigenvalue weighted by Gasteiger charge is 2.12. The van der Waals surface area contributed by atoms with E-state index in [9.17, 15) is 4.79 Å². The maximum atomic E-state index is 12.2. The van der Waals surface area contributed by atoms with Crippen LogP contribution in [0.3, 0.4) is 0 Å². The molecule has 19 heavy (non-hydrogen) atoms. The number of benzene rings is 1. The lowest BCUT2D eigenvalue weighted by Gasteiger charge is -2.11. The lowest BCUT2D eigenvalue weighted by molar-refractivity contribution is 0.102. The summed E-state index contributed by atoms with van der Waals surface area (Å²) in [6.45, 7) is 6.03. The summed E-state index contributed by atoms with van der Waals surface area (Å²) in [5.41, 5.74) is 4.03. The van der Waals surface area contributed by atoms with Crippen LogP contribution in [-0.2, 0) is 0 Å². The van der Waals surface area contributed by atoms with E-state index < -0.39 is 0 Å². The highest BCUT2D eigenvalue weighted by atomic mass is 79.9. The van der Waals surface area contributed by atoms with Crippen molar-refractivity contribution in [2.45, 2.75) is 20.8 Å². The van der Waals surface area contributed by atoms with Gasteiger partial charge < -0.3 is 5.32 Å². The molecule has 4 heteroatoms. The van der Waals surface area contributed by atoms with Crippen LogP contribution >= 0.6 is 15.9 Å². The van der Waals surface area contributed by atoms with Crippen molar-refractivity contribution in [2.24, 2.45) is 0 Å². The molecule has 0 saturated heterocycles. The van der Waals surface area contributed by atoms with Gasteiger partial charge in [0.2, 0.25) is 0 Å². The molecule has 0 spiro atoms. The molecule has 2 rings (SSSR count). The molecule has 98 valence electrons. The average molecular weight is 319 g/mol. The van der Waals surface area contributed by atoms with Crippen LogP contribution < -0.4 is 5.32 Å². The number of nitrogens with one attached hydrogen (secondary N) is 1. The second kappa shape index (κ2) is 5.53. The Kier molecular flexibility index (Phi) is 4.00. The zero-order valence-electron chi connectivity index (χ0n) is 11.1. The Hall–Kier alpha value is -1.68. The van der Waals surface area contributed by atoms with Gasteiger partial charge in [-0.2, -0.15) is 0 Å². The summed E-state index contributed by atoms with van der Waals surface area (Å²) in [5, 5.41) is 2.81. The fourth-order valence-corrected chi connectivity index (χ4v) is 2.19. The molecule has 0 fully saturated rings. The Balaban J connectivity index is 2.28. The quantitative estimate of drug-likeness (QED) is 0.908. The van der Waals surface area contributed by atoms with Gasteiger partial charge >= 0.3 is 0 Å². The second-order valence-electron chi connectivity index (χ2n) is 4.49. The first-order valence-corrected chi connectivity index (χ1v) is 6.78. The van der Waals surface area contributed by atoms with Gasteiger partial charge in [0, 0.05) is 16.2 Å². The van der Waals surface area contributed by atoms with E-state index in [0.29, 0.717) is 11.4 Å². The van der Waals surface area contributed by atoms with Gasteiger partial charge in [-0.25, -0.2) is 4.98 Å². The van der Waals surface area contributed by atoms with Crippen LogP contribution in [0.15, 0.2) is 34.9 Å². The topological polar surface area (TPSA) is 42.0 Å². The van der Waals surface area contributed by atoms with E-state index in [1.165, 1.54) is 5.56 Å². The second-order valence-corrected chi connectivity index (χ2v) is 5.41. The van der Waals surface area contributed by atoms with E-state index in [2.05, 4.69) is 26.2 Å². The van der Waals surface area contributed by atoms with Crippen molar-refractivity contribution in [3.05, 3.63) is 57.2 Å². The van der Waals surface area contributed by atoms with Crippen molar-refractivity contribution < 1.29 is 4.79 Å². The summed E-state index contributed by atoms with van der Waals surface area (Å²) in [5.74, 6) is 0.406. The number of aryl methyl sites for hydroxylation is 1. The zero-order chi connectivity index (χ0) is 14.0. The van der Waals surface area contributed by atoms with Crippen molar-refractivity contribution in [2.75, 3.05) is 5.32 Å². The summed E-state index contributed by atoms with van der Waals surface area (Å²) in [6.07, 6.45) is 1.65. The van der Waals surface area contributed by atoms with Crippen LogP contribution in [0.25, 0.3) is 0 Å². The molecule has 0 bridgehead atoms. The van der Waals surface area contributed by atoms with Crippen molar-refractivity contribution in [3.8, 4) is 0 Å². The van der Waals surface area contributed by atoms with Gasteiger partial charge in [0.05, 0.1) is 0 Å². The molecule has 0 aliphatic heterocycles. The van der Waals surface area contributed by atoms with Gasteiger partial charge in [0.25, 0.3) is 5.91 Å². The molecule has 0 aliphatic rings. The molecule has 2 aromatic rings. The first-order valence-electron chi connectivity index (χ1n) is 5.98. The largest absolute Gasteiger partial charge is 0.307 e. The van der Waals surface area contributed by atoms with Crippen molar-refractivity contribution in [1.82, 2.24) is 4.98 Å². The number of rotatable bonds is 2. The number of nitrogens with zero attached hydrogens (tertiary/aromatic N) is 1. The number of anilines is 1. The molecule has 1 heterocycles. The summed E-state index contributed by atoms with van der Waals surface area (Å²) in [4.78, 5) is 16.4. The number of amides is 1. The highest BCUT2D eigenvalue weighted by molar-refractivity contribution is 9.10. The summed E-state index contributed by atoms with van der Waals surface area (Å²) in [6, 6.07) is 7.40. The molecule has 0 unspecified atom stereocenters. The molecule has 1 N–H and O–H groups in total. The first kappa shape index (κ1) is 13.7. The lowest BCUT2D eigenvalue weighted by atomic mass is 9.98. The summed E-state index contributed by atoms with van der Waals surface area (Å²) >= 11 is 3.35. The van der Waals surface area contributed by atoms with Gasteiger partial charge in [0.1, 0.15) is 5.82 Å². The molecule has 3 nitrogen and oxygen atoms in total. The third-order valence-electron chi connectivity index (χ3n) is 3.27. The number of pyridine rings is 1. The number of carbonyl (C=O) groups is 1. The third-order valence-corrected chi connectivity index (χ3v) is 3.76. The number of halogens is 1. The van der Waals surface area contributed by atoms with E-state index in [-0.39, 0.29) is 5.91 Å². The van der Waals surface area contributed by atoms with Crippen LogP contribution in [0.2, 0.25) is 0 Å². The number of hydrogen-bond donors (Lipinski definition) is 1. The normalized spacial score (nSPS) is 10.3. The summed E-state index contributed by atoms with van der Waals surface area (Å²) in [7, 11) is 0. The molecule has 1 aromatic carbocycles. The van der Waals surface area contributed by atoms with E-state index in [1.54, 1.807) is 12.3 Å². The van der Waals surface area contributed by atoms with Crippen LogP contribution in [0.5, 0.6) is 0 Å². The van der Waals surface area contributed by atoms with Crippen molar-refractivity contribution in [1.29, 1.82) is 0 Å². The van der Waals surface area contributed by atoms with E-state index >= 15 is 0 Å². The first-order chi connectivity index (χ1) is 8.99. The van der Waals surface area contributed by atoms with Gasteiger partial charge in [0.15, 0.2) is 0 Å². The molecule has 0 saturated carbocycles. The number of carbonyl (C=O) groups excluding carboxylic acids is 1. The lowest BCUT2D eigenvalue weighted by Crippen LogP contribution is -2.15. The molecule has 0 aliphatic carbocycles. The molecule has 0 radical (unpaired) electrons. The Labute approximate surface area is 121 Å². The monoisotopic (exact) mass is 318 g/mol. The highest BCUT2D eigenvalue weighted by Crippen LogP contribution is 2.19. The predicted molar refractivity (Wildman–Crippen MR) is 80.5 cm³/mol. The zero-order valence-corrected chi connectivity index (χ0v) is 12.7. The van der Waals surface area contributed by atoms with Crippen LogP contribution in [0, 0.1) is 20.8 Å². The third kappa shape index (κ3) is 3.01. The van der Waals surface area contributed by atoms with E-state index in [0.717, 1.165) is 15.6 Å². The van der Waals surface area contributed by atoms with Gasteiger partial charge in [-0.3, -0.25) is 4.79 Å². The van der Waals surface area contributed by atoms with Gasteiger partial charge in [-0.05, 0) is 55.7 Å². The average Bonchev–Trinajstić information content (AvgIpc) is 2.36.